The minimum Gasteiger partial charge on any atom is -0.494 e. The smallest absolute Gasteiger partial charge is 0.234 e. The van der Waals surface area contributed by atoms with Gasteiger partial charge in [0.1, 0.15) is 10.8 Å². The maximum atomic E-state index is 11.8. The van der Waals surface area contributed by atoms with Crippen LogP contribution in [0.2, 0.25) is 0 Å². The number of aromatic nitrogens is 1. The summed E-state index contributed by atoms with van der Waals surface area (Å²) >= 11 is 1.81. The predicted molar refractivity (Wildman–Crippen MR) is 132 cm³/mol. The Hall–Kier alpha value is -2.19. The van der Waals surface area contributed by atoms with E-state index in [0.29, 0.717) is 19.2 Å². The van der Waals surface area contributed by atoms with Gasteiger partial charge < -0.3 is 20.4 Å². The summed E-state index contributed by atoms with van der Waals surface area (Å²) in [6.45, 7) is 6.95. The lowest BCUT2D eigenvalue weighted by Crippen LogP contribution is -2.53. The fourth-order valence-corrected chi connectivity index (χ4v) is 6.18. The average Bonchev–Trinajstić information content (AvgIpc) is 3.54. The van der Waals surface area contributed by atoms with Crippen LogP contribution >= 0.6 is 11.8 Å². The lowest BCUT2D eigenvalue weighted by Gasteiger charge is -2.33. The van der Waals surface area contributed by atoms with Crippen LogP contribution in [0.5, 0.6) is 5.75 Å². The van der Waals surface area contributed by atoms with Gasteiger partial charge in [-0.1, -0.05) is 12.8 Å². The highest BCUT2D eigenvalue weighted by molar-refractivity contribution is 8.14. The topological polar surface area (TPSA) is 81.8 Å². The Morgan fingerprint density at radius 2 is 2.16 bits per heavy atom. The Kier molecular flexibility index (Phi) is 6.33. The van der Waals surface area contributed by atoms with Gasteiger partial charge in [0.2, 0.25) is 5.91 Å². The third kappa shape index (κ3) is 4.48. The molecule has 5 rings (SSSR count). The third-order valence-corrected chi connectivity index (χ3v) is 7.94. The van der Waals surface area contributed by atoms with Gasteiger partial charge >= 0.3 is 0 Å². The number of amides is 1. The molecule has 0 spiro atoms. The largest absolute Gasteiger partial charge is 0.494 e. The van der Waals surface area contributed by atoms with Gasteiger partial charge in [-0.2, -0.15) is 0 Å². The van der Waals surface area contributed by atoms with Crippen molar-refractivity contribution in [3.05, 3.63) is 23.9 Å². The molecule has 2 aromatic rings. The number of rotatable bonds is 7. The Morgan fingerprint density at radius 1 is 1.31 bits per heavy atom. The van der Waals surface area contributed by atoms with E-state index in [9.17, 15) is 4.79 Å². The molecule has 1 saturated carbocycles. The number of anilines is 1. The quantitative estimate of drug-likeness (QED) is 0.594. The van der Waals surface area contributed by atoms with Gasteiger partial charge in [-0.15, -0.1) is 11.8 Å². The van der Waals surface area contributed by atoms with E-state index in [4.69, 9.17) is 9.73 Å². The second kappa shape index (κ2) is 9.35. The first-order valence-electron chi connectivity index (χ1n) is 11.9. The van der Waals surface area contributed by atoms with Crippen LogP contribution in [0.15, 0.2) is 23.2 Å². The lowest BCUT2D eigenvalue weighted by atomic mass is 10.1. The number of nitrogens with zero attached hydrogens (tertiary/aromatic N) is 2. The monoisotopic (exact) mass is 455 g/mol. The number of fused-ring (bicyclic) bond motifs is 1. The van der Waals surface area contributed by atoms with Gasteiger partial charge in [0, 0.05) is 42.4 Å². The second-order valence-electron chi connectivity index (χ2n) is 9.05. The molecule has 32 heavy (non-hydrogen) atoms. The number of aromatic amines is 1. The molecule has 3 heterocycles. The summed E-state index contributed by atoms with van der Waals surface area (Å²) in [6, 6.07) is 7.42. The molecule has 3 N–H and O–H groups in total. The fourth-order valence-electron chi connectivity index (χ4n) is 5.02. The van der Waals surface area contributed by atoms with Crippen molar-refractivity contribution in [3.8, 4) is 5.75 Å². The molecule has 1 saturated heterocycles. The summed E-state index contributed by atoms with van der Waals surface area (Å²) < 4.78 is 5.85. The Bertz CT molecular complexity index is 1010. The fraction of sp³-hybridized carbons (Fsp3) is 0.583. The standard InChI is InChI=1S/C24H33N5O2S/c1-3-31-18-10-16-11-20(27-23(16)19(12-18)26-17-6-4-5-7-17)24-28-21(14-32-24)15(2)29-9-8-25-22(30)13-29/h10-12,15,17,21,26-27H,3-9,13-14H2,1-2H3,(H,25,30)/t15-,21?/m1/s1. The lowest BCUT2D eigenvalue weighted by molar-refractivity contribution is -0.124. The third-order valence-electron chi connectivity index (χ3n) is 6.83. The molecular formula is C24H33N5O2S. The number of carbonyl (C=O) groups is 1. The molecule has 1 aromatic carbocycles. The van der Waals surface area contributed by atoms with Crippen molar-refractivity contribution >= 4 is 39.3 Å². The molecule has 2 aliphatic heterocycles. The highest BCUT2D eigenvalue weighted by Crippen LogP contribution is 2.35. The van der Waals surface area contributed by atoms with Gasteiger partial charge in [-0.3, -0.25) is 14.7 Å². The zero-order valence-corrected chi connectivity index (χ0v) is 19.8. The number of benzene rings is 1. The van der Waals surface area contributed by atoms with E-state index in [1.54, 1.807) is 11.8 Å². The van der Waals surface area contributed by atoms with Crippen molar-refractivity contribution in [2.24, 2.45) is 4.99 Å². The van der Waals surface area contributed by atoms with Crippen LogP contribution < -0.4 is 15.4 Å². The normalized spacial score (nSPS) is 23.4. The number of hydrogen-bond donors (Lipinski definition) is 3. The summed E-state index contributed by atoms with van der Waals surface area (Å²) in [5.41, 5.74) is 3.32. The molecule has 1 unspecified atom stereocenters. The van der Waals surface area contributed by atoms with Gasteiger partial charge in [0.25, 0.3) is 0 Å². The number of H-pyrrole nitrogens is 1. The molecule has 1 aromatic heterocycles. The minimum absolute atomic E-state index is 0.112. The summed E-state index contributed by atoms with van der Waals surface area (Å²) in [4.78, 5) is 22.8. The molecule has 1 amide bonds. The molecular weight excluding hydrogens is 422 g/mol. The zero-order valence-electron chi connectivity index (χ0n) is 18.9. The van der Waals surface area contributed by atoms with Crippen molar-refractivity contribution in [2.75, 3.05) is 37.3 Å². The highest BCUT2D eigenvalue weighted by atomic mass is 32.2. The first-order chi connectivity index (χ1) is 15.6. The van der Waals surface area contributed by atoms with Crippen molar-refractivity contribution in [1.29, 1.82) is 0 Å². The van der Waals surface area contributed by atoms with Gasteiger partial charge in [0.05, 0.1) is 36.1 Å². The minimum atomic E-state index is 0.112. The molecule has 2 fully saturated rings. The van der Waals surface area contributed by atoms with Crippen molar-refractivity contribution in [2.45, 2.75) is 57.7 Å². The molecule has 1 aliphatic carbocycles. The predicted octanol–water partition coefficient (Wildman–Crippen LogP) is 3.60. The SMILES string of the molecule is CCOc1cc(NC2CCCC2)c2[nH]c(C3=NC([C@@H](C)N4CCNC(=O)C4)CS3)cc2c1. The summed E-state index contributed by atoms with van der Waals surface area (Å²) in [5.74, 6) is 1.96. The van der Waals surface area contributed by atoms with Crippen LogP contribution in [0, 0.1) is 0 Å². The number of carbonyl (C=O) groups excluding carboxylic acids is 1. The first-order valence-corrected chi connectivity index (χ1v) is 12.9. The van der Waals surface area contributed by atoms with Crippen LogP contribution in [0.3, 0.4) is 0 Å². The Morgan fingerprint density at radius 3 is 2.94 bits per heavy atom. The number of piperazine rings is 1. The van der Waals surface area contributed by atoms with E-state index in [-0.39, 0.29) is 18.0 Å². The second-order valence-corrected chi connectivity index (χ2v) is 10.1. The van der Waals surface area contributed by atoms with Crippen LogP contribution in [0.4, 0.5) is 5.69 Å². The van der Waals surface area contributed by atoms with Gasteiger partial charge in [0.15, 0.2) is 0 Å². The van der Waals surface area contributed by atoms with Crippen molar-refractivity contribution in [3.63, 3.8) is 0 Å². The molecule has 0 radical (unpaired) electrons. The number of hydrogen-bond acceptors (Lipinski definition) is 6. The van der Waals surface area contributed by atoms with Crippen molar-refractivity contribution < 1.29 is 9.53 Å². The summed E-state index contributed by atoms with van der Waals surface area (Å²) in [6.07, 6.45) is 5.05. The Balaban J connectivity index is 1.40. The van der Waals surface area contributed by atoms with E-state index < -0.39 is 0 Å². The summed E-state index contributed by atoms with van der Waals surface area (Å²) in [5, 5.41) is 8.88. The molecule has 7 nitrogen and oxygen atoms in total. The van der Waals surface area contributed by atoms with E-state index in [2.05, 4.69) is 45.6 Å². The molecule has 3 aliphatic rings. The molecule has 0 bridgehead atoms. The number of nitrogens with one attached hydrogen (secondary N) is 3. The van der Waals surface area contributed by atoms with Crippen LogP contribution in [0.25, 0.3) is 10.9 Å². The maximum absolute atomic E-state index is 11.8. The summed E-state index contributed by atoms with van der Waals surface area (Å²) in [7, 11) is 0. The highest BCUT2D eigenvalue weighted by Gasteiger charge is 2.31. The number of thioether (sulfide) groups is 1. The van der Waals surface area contributed by atoms with E-state index >= 15 is 0 Å². The average molecular weight is 456 g/mol. The Labute approximate surface area is 193 Å². The van der Waals surface area contributed by atoms with E-state index in [1.165, 1.54) is 25.7 Å². The van der Waals surface area contributed by atoms with E-state index in [0.717, 1.165) is 51.9 Å². The van der Waals surface area contributed by atoms with Crippen LogP contribution in [0.1, 0.15) is 45.2 Å². The van der Waals surface area contributed by atoms with Gasteiger partial charge in [-0.05, 0) is 38.8 Å². The number of ether oxygens (including phenoxy) is 1. The van der Waals surface area contributed by atoms with Crippen LogP contribution in [-0.4, -0.2) is 71.0 Å². The van der Waals surface area contributed by atoms with Crippen molar-refractivity contribution in [1.82, 2.24) is 15.2 Å². The molecule has 8 heteroatoms. The van der Waals surface area contributed by atoms with Gasteiger partial charge in [-0.25, -0.2) is 0 Å². The van der Waals surface area contributed by atoms with Crippen LogP contribution in [-0.2, 0) is 4.79 Å². The number of aliphatic imine (C=N–C) groups is 1. The van der Waals surface area contributed by atoms with E-state index in [1.807, 2.05) is 6.92 Å². The first kappa shape index (κ1) is 21.6. The molecule has 172 valence electrons. The zero-order chi connectivity index (χ0) is 22.1. The maximum Gasteiger partial charge on any atom is 0.234 e. The molecule has 2 atom stereocenters.